The van der Waals surface area contributed by atoms with Crippen LogP contribution < -0.4 is 10.6 Å². The van der Waals surface area contributed by atoms with Gasteiger partial charge in [0.15, 0.2) is 0 Å². The summed E-state index contributed by atoms with van der Waals surface area (Å²) in [6.07, 6.45) is 9.00. The van der Waals surface area contributed by atoms with Gasteiger partial charge in [-0.05, 0) is 50.7 Å². The zero-order valence-electron chi connectivity index (χ0n) is 13.0. The molecule has 4 heteroatoms. The minimum absolute atomic E-state index is 0.0610. The number of rotatable bonds is 3. The van der Waals surface area contributed by atoms with Gasteiger partial charge in [-0.25, -0.2) is 4.79 Å². The molecule has 0 spiro atoms. The molecule has 2 N–H and O–H groups in total. The molecule has 1 saturated carbocycles. The van der Waals surface area contributed by atoms with E-state index >= 15 is 0 Å². The number of anilines is 1. The second-order valence-corrected chi connectivity index (χ2v) is 7.05. The van der Waals surface area contributed by atoms with Crippen molar-refractivity contribution in [2.75, 3.05) is 5.32 Å². The van der Waals surface area contributed by atoms with Crippen LogP contribution in [-0.2, 0) is 0 Å². The topological polar surface area (TPSA) is 44.4 Å². The predicted molar refractivity (Wildman–Crippen MR) is 87.9 cm³/mol. The van der Waals surface area contributed by atoms with Crippen LogP contribution in [0.25, 0.3) is 0 Å². The quantitative estimate of drug-likeness (QED) is 0.899. The monoisotopic (exact) mass is 299 g/mol. The minimum atomic E-state index is -0.0610. The summed E-state index contributed by atoms with van der Waals surface area (Å²) >= 11 is 0. The number of nitrogens with zero attached hydrogens (tertiary/aromatic N) is 1. The highest BCUT2D eigenvalue weighted by Gasteiger charge is 2.45. The van der Waals surface area contributed by atoms with E-state index in [0.29, 0.717) is 18.1 Å². The Kier molecular flexibility index (Phi) is 3.78. The highest BCUT2D eigenvalue weighted by molar-refractivity contribution is 5.89. The summed E-state index contributed by atoms with van der Waals surface area (Å²) in [6, 6.07) is 12.2. The second-order valence-electron chi connectivity index (χ2n) is 7.05. The second kappa shape index (κ2) is 5.92. The molecule has 4 rings (SSSR count). The van der Waals surface area contributed by atoms with E-state index in [2.05, 4.69) is 15.5 Å². The lowest BCUT2D eigenvalue weighted by Gasteiger charge is -2.49. The molecule has 0 aromatic heterocycles. The average molecular weight is 299 g/mol. The van der Waals surface area contributed by atoms with Gasteiger partial charge >= 0.3 is 6.03 Å². The number of benzene rings is 1. The molecule has 2 heterocycles. The van der Waals surface area contributed by atoms with E-state index in [4.69, 9.17) is 0 Å². The van der Waals surface area contributed by atoms with Gasteiger partial charge in [0.25, 0.3) is 0 Å². The van der Waals surface area contributed by atoms with E-state index in [1.54, 1.807) is 0 Å². The number of para-hydroxylation sites is 1. The molecular weight excluding hydrogens is 274 g/mol. The van der Waals surface area contributed by atoms with Gasteiger partial charge in [-0.2, -0.15) is 0 Å². The van der Waals surface area contributed by atoms with Gasteiger partial charge < -0.3 is 10.6 Å². The van der Waals surface area contributed by atoms with Crippen molar-refractivity contribution in [3.05, 3.63) is 30.3 Å². The maximum Gasteiger partial charge on any atom is 0.319 e. The third kappa shape index (κ3) is 2.98. The highest BCUT2D eigenvalue weighted by atomic mass is 16.2. The maximum absolute atomic E-state index is 12.2. The van der Waals surface area contributed by atoms with Crippen LogP contribution >= 0.6 is 0 Å². The van der Waals surface area contributed by atoms with Crippen LogP contribution in [-0.4, -0.2) is 35.1 Å². The van der Waals surface area contributed by atoms with Crippen molar-refractivity contribution < 1.29 is 4.79 Å². The standard InChI is InChI=1S/C18H25N3O/c22-18(19-13-5-2-1-3-6-13)20-14-11-16-7-4-8-17(12-14)21(16)15-9-10-15/h1-3,5-6,14-17H,4,7-12H2,(H2,19,20,22)/t16-,17-/m0/s1. The van der Waals surface area contributed by atoms with Gasteiger partial charge in [-0.1, -0.05) is 24.6 Å². The fourth-order valence-electron chi connectivity index (χ4n) is 4.38. The first-order valence-electron chi connectivity index (χ1n) is 8.69. The van der Waals surface area contributed by atoms with E-state index in [9.17, 15) is 4.79 Å². The molecule has 3 fully saturated rings. The molecule has 4 nitrogen and oxygen atoms in total. The van der Waals surface area contributed by atoms with Crippen molar-refractivity contribution in [3.8, 4) is 0 Å². The van der Waals surface area contributed by atoms with Crippen molar-refractivity contribution in [1.82, 2.24) is 10.2 Å². The van der Waals surface area contributed by atoms with Crippen LogP contribution in [0.5, 0.6) is 0 Å². The number of hydrogen-bond acceptors (Lipinski definition) is 2. The largest absolute Gasteiger partial charge is 0.335 e. The van der Waals surface area contributed by atoms with Crippen molar-refractivity contribution in [1.29, 1.82) is 0 Å². The third-order valence-electron chi connectivity index (χ3n) is 5.37. The van der Waals surface area contributed by atoms with Crippen LogP contribution in [0, 0.1) is 0 Å². The average Bonchev–Trinajstić information content (AvgIpc) is 3.31. The van der Waals surface area contributed by atoms with Crippen molar-refractivity contribution in [2.24, 2.45) is 0 Å². The lowest BCUT2D eigenvalue weighted by molar-refractivity contribution is 0.0198. The Balaban J connectivity index is 1.35. The van der Waals surface area contributed by atoms with Crippen LogP contribution in [0.15, 0.2) is 30.3 Å². The Labute approximate surface area is 132 Å². The van der Waals surface area contributed by atoms with Gasteiger partial charge in [0, 0.05) is 29.9 Å². The van der Waals surface area contributed by atoms with Crippen LogP contribution in [0.2, 0.25) is 0 Å². The Morgan fingerprint density at radius 1 is 0.955 bits per heavy atom. The molecule has 2 saturated heterocycles. The number of hydrogen-bond donors (Lipinski definition) is 2. The first kappa shape index (κ1) is 14.1. The van der Waals surface area contributed by atoms with Crippen molar-refractivity contribution in [3.63, 3.8) is 0 Å². The number of carbonyl (C=O) groups is 1. The normalized spacial score (nSPS) is 31.5. The molecule has 118 valence electrons. The first-order chi connectivity index (χ1) is 10.8. The number of piperidine rings is 2. The van der Waals surface area contributed by atoms with Gasteiger partial charge in [-0.15, -0.1) is 0 Å². The fraction of sp³-hybridized carbons (Fsp3) is 0.611. The zero-order chi connectivity index (χ0) is 14.9. The smallest absolute Gasteiger partial charge is 0.319 e. The molecule has 2 amide bonds. The first-order valence-corrected chi connectivity index (χ1v) is 8.69. The van der Waals surface area contributed by atoms with E-state index in [-0.39, 0.29) is 6.03 Å². The number of urea groups is 1. The van der Waals surface area contributed by atoms with Gasteiger partial charge in [0.1, 0.15) is 0 Å². The zero-order valence-corrected chi connectivity index (χ0v) is 13.0. The molecule has 1 aromatic rings. The third-order valence-corrected chi connectivity index (χ3v) is 5.37. The van der Waals surface area contributed by atoms with E-state index in [0.717, 1.165) is 24.6 Å². The highest BCUT2D eigenvalue weighted by Crippen LogP contribution is 2.41. The van der Waals surface area contributed by atoms with E-state index in [1.807, 2.05) is 30.3 Å². The van der Waals surface area contributed by atoms with Crippen molar-refractivity contribution in [2.45, 2.75) is 69.1 Å². The number of nitrogens with one attached hydrogen (secondary N) is 2. The minimum Gasteiger partial charge on any atom is -0.335 e. The summed E-state index contributed by atoms with van der Waals surface area (Å²) in [6.45, 7) is 0. The van der Waals surface area contributed by atoms with Gasteiger partial charge in [-0.3, -0.25) is 4.90 Å². The Morgan fingerprint density at radius 2 is 1.64 bits per heavy atom. The number of amides is 2. The molecule has 0 radical (unpaired) electrons. The molecular formula is C18H25N3O. The summed E-state index contributed by atoms with van der Waals surface area (Å²) in [4.78, 5) is 15.0. The summed E-state index contributed by atoms with van der Waals surface area (Å²) in [5, 5.41) is 6.14. The summed E-state index contributed by atoms with van der Waals surface area (Å²) in [5.74, 6) is 0. The summed E-state index contributed by atoms with van der Waals surface area (Å²) in [7, 11) is 0. The Bertz CT molecular complexity index is 514. The SMILES string of the molecule is O=C(Nc1ccccc1)NC1C[C@@H]2CCC[C@@H](C1)N2C1CC1. The molecule has 2 atom stereocenters. The number of fused-ring (bicyclic) bond motifs is 2. The predicted octanol–water partition coefficient (Wildman–Crippen LogP) is 3.36. The molecule has 1 aliphatic carbocycles. The molecule has 3 aliphatic rings. The maximum atomic E-state index is 12.2. The van der Waals surface area contributed by atoms with Crippen molar-refractivity contribution >= 4 is 11.7 Å². The van der Waals surface area contributed by atoms with Crippen LogP contribution in [0.3, 0.4) is 0 Å². The van der Waals surface area contributed by atoms with Crippen LogP contribution in [0.4, 0.5) is 10.5 Å². The van der Waals surface area contributed by atoms with Crippen LogP contribution in [0.1, 0.15) is 44.9 Å². The molecule has 2 aliphatic heterocycles. The molecule has 2 bridgehead atoms. The number of carbonyl (C=O) groups excluding carboxylic acids is 1. The molecule has 0 unspecified atom stereocenters. The van der Waals surface area contributed by atoms with E-state index < -0.39 is 0 Å². The molecule has 1 aromatic carbocycles. The molecule has 22 heavy (non-hydrogen) atoms. The Hall–Kier alpha value is -1.55. The van der Waals surface area contributed by atoms with E-state index in [1.165, 1.54) is 32.1 Å². The van der Waals surface area contributed by atoms with Gasteiger partial charge in [0.2, 0.25) is 0 Å². The lowest BCUT2D eigenvalue weighted by Crippen LogP contribution is -2.58. The fourth-order valence-corrected chi connectivity index (χ4v) is 4.38. The lowest BCUT2D eigenvalue weighted by atomic mass is 9.81. The summed E-state index contributed by atoms with van der Waals surface area (Å²) in [5.41, 5.74) is 0.857. The van der Waals surface area contributed by atoms with Gasteiger partial charge in [0.05, 0.1) is 0 Å². The Morgan fingerprint density at radius 3 is 2.27 bits per heavy atom. The summed E-state index contributed by atoms with van der Waals surface area (Å²) < 4.78 is 0.